The number of likely N-dealkylation sites (N-methyl/N-ethyl adjacent to an activating group) is 1. The molecule has 2 unspecified atom stereocenters. The van der Waals surface area contributed by atoms with Gasteiger partial charge in [-0.2, -0.15) is 5.10 Å². The van der Waals surface area contributed by atoms with Gasteiger partial charge in [0.1, 0.15) is 5.82 Å². The molecule has 2 N–H and O–H groups in total. The molecule has 1 aromatic heterocycles. The minimum absolute atomic E-state index is 0.0892. The van der Waals surface area contributed by atoms with Gasteiger partial charge in [-0.05, 0) is 39.3 Å². The Bertz CT molecular complexity index is 400. The number of aryl methyl sites for hydroxylation is 1. The summed E-state index contributed by atoms with van der Waals surface area (Å²) < 4.78 is 2.01. The first-order chi connectivity index (χ1) is 8.24. The van der Waals surface area contributed by atoms with E-state index in [-0.39, 0.29) is 6.04 Å². The summed E-state index contributed by atoms with van der Waals surface area (Å²) in [4.78, 5) is 7.05. The van der Waals surface area contributed by atoms with Crippen molar-refractivity contribution in [1.29, 1.82) is 0 Å². The number of hydrogen-bond acceptors (Lipinski definition) is 4. The van der Waals surface area contributed by atoms with Gasteiger partial charge < -0.3 is 10.6 Å². The van der Waals surface area contributed by atoms with Gasteiger partial charge in [-0.15, -0.1) is 0 Å². The molecule has 0 aromatic carbocycles. The zero-order valence-electron chi connectivity index (χ0n) is 10.5. The van der Waals surface area contributed by atoms with Crippen LogP contribution in [0.15, 0.2) is 0 Å². The topological polar surface area (TPSA) is 60.0 Å². The van der Waals surface area contributed by atoms with Gasteiger partial charge in [-0.1, -0.05) is 0 Å². The SMILES string of the molecule is CN1CCCC1Cc1nc2n(n1)CCCC2N. The average Bonchev–Trinajstić information content (AvgIpc) is 2.87. The Morgan fingerprint density at radius 1 is 1.29 bits per heavy atom. The molecule has 1 saturated heterocycles. The van der Waals surface area contributed by atoms with E-state index in [4.69, 9.17) is 5.73 Å². The lowest BCUT2D eigenvalue weighted by molar-refractivity contribution is 0.305. The maximum atomic E-state index is 6.06. The van der Waals surface area contributed by atoms with Crippen LogP contribution in [0, 0.1) is 0 Å². The van der Waals surface area contributed by atoms with Gasteiger partial charge in [0, 0.05) is 19.0 Å². The third kappa shape index (κ3) is 2.09. The molecule has 0 radical (unpaired) electrons. The van der Waals surface area contributed by atoms with Crippen LogP contribution in [0.4, 0.5) is 0 Å². The van der Waals surface area contributed by atoms with Crippen molar-refractivity contribution in [2.45, 2.75) is 50.7 Å². The largest absolute Gasteiger partial charge is 0.321 e. The molecule has 2 aliphatic heterocycles. The Labute approximate surface area is 102 Å². The highest BCUT2D eigenvalue weighted by atomic mass is 15.4. The van der Waals surface area contributed by atoms with E-state index in [1.165, 1.54) is 19.4 Å². The second-order valence-corrected chi connectivity index (χ2v) is 5.34. The summed E-state index contributed by atoms with van der Waals surface area (Å²) in [7, 11) is 2.19. The van der Waals surface area contributed by atoms with E-state index < -0.39 is 0 Å². The van der Waals surface area contributed by atoms with E-state index in [0.717, 1.165) is 37.5 Å². The van der Waals surface area contributed by atoms with Gasteiger partial charge in [0.25, 0.3) is 0 Å². The second kappa shape index (κ2) is 4.38. The molecule has 1 aromatic rings. The van der Waals surface area contributed by atoms with Crippen LogP contribution in [0.2, 0.25) is 0 Å². The molecule has 0 spiro atoms. The minimum atomic E-state index is 0.0892. The van der Waals surface area contributed by atoms with Crippen LogP contribution in [0.3, 0.4) is 0 Å². The molecule has 94 valence electrons. The van der Waals surface area contributed by atoms with Gasteiger partial charge in [0.15, 0.2) is 5.82 Å². The standard InChI is InChI=1S/C12H21N5/c1-16-6-2-4-9(16)8-11-14-12-10(13)5-3-7-17(12)15-11/h9-10H,2-8,13H2,1H3. The minimum Gasteiger partial charge on any atom is -0.321 e. The summed E-state index contributed by atoms with van der Waals surface area (Å²) in [6.07, 6.45) is 5.71. The third-order valence-electron chi connectivity index (χ3n) is 4.05. The maximum absolute atomic E-state index is 6.06. The number of nitrogens with zero attached hydrogens (tertiary/aromatic N) is 4. The summed E-state index contributed by atoms with van der Waals surface area (Å²) in [5.41, 5.74) is 6.06. The van der Waals surface area contributed by atoms with Crippen LogP contribution >= 0.6 is 0 Å². The van der Waals surface area contributed by atoms with Crippen molar-refractivity contribution < 1.29 is 0 Å². The van der Waals surface area contributed by atoms with E-state index in [0.29, 0.717) is 6.04 Å². The smallest absolute Gasteiger partial charge is 0.152 e. The quantitative estimate of drug-likeness (QED) is 0.820. The molecule has 0 saturated carbocycles. The van der Waals surface area contributed by atoms with Crippen molar-refractivity contribution in [2.24, 2.45) is 5.73 Å². The third-order valence-corrected chi connectivity index (χ3v) is 4.05. The Balaban J connectivity index is 1.75. The van der Waals surface area contributed by atoms with Crippen molar-refractivity contribution in [3.8, 4) is 0 Å². The van der Waals surface area contributed by atoms with Crippen molar-refractivity contribution >= 4 is 0 Å². The molecule has 0 bridgehead atoms. The maximum Gasteiger partial charge on any atom is 0.152 e. The highest BCUT2D eigenvalue weighted by Crippen LogP contribution is 2.22. The molecule has 3 rings (SSSR count). The fourth-order valence-corrected chi connectivity index (χ4v) is 2.97. The zero-order valence-corrected chi connectivity index (χ0v) is 10.5. The van der Waals surface area contributed by atoms with E-state index in [1.54, 1.807) is 0 Å². The molecule has 1 fully saturated rings. The fourth-order valence-electron chi connectivity index (χ4n) is 2.97. The molecule has 0 amide bonds. The van der Waals surface area contributed by atoms with Crippen LogP contribution < -0.4 is 5.73 Å². The Morgan fingerprint density at radius 2 is 2.12 bits per heavy atom. The summed E-state index contributed by atoms with van der Waals surface area (Å²) >= 11 is 0. The molecular formula is C12H21N5. The Kier molecular flexibility index (Phi) is 2.88. The van der Waals surface area contributed by atoms with E-state index in [2.05, 4.69) is 22.0 Å². The van der Waals surface area contributed by atoms with Crippen molar-refractivity contribution in [2.75, 3.05) is 13.6 Å². The Morgan fingerprint density at radius 3 is 2.82 bits per heavy atom. The van der Waals surface area contributed by atoms with Crippen LogP contribution in [0.25, 0.3) is 0 Å². The predicted molar refractivity (Wildman–Crippen MR) is 65.5 cm³/mol. The first-order valence-corrected chi connectivity index (χ1v) is 6.63. The van der Waals surface area contributed by atoms with Gasteiger partial charge in [0.2, 0.25) is 0 Å². The lowest BCUT2D eigenvalue weighted by atomic mass is 10.1. The summed E-state index contributed by atoms with van der Waals surface area (Å²) in [6, 6.07) is 0.710. The number of aromatic nitrogens is 3. The number of hydrogen-bond donors (Lipinski definition) is 1. The monoisotopic (exact) mass is 235 g/mol. The normalized spacial score (nSPS) is 29.5. The highest BCUT2D eigenvalue weighted by molar-refractivity contribution is 5.02. The van der Waals surface area contributed by atoms with Crippen molar-refractivity contribution in [3.05, 3.63) is 11.6 Å². The van der Waals surface area contributed by atoms with Crippen molar-refractivity contribution in [3.63, 3.8) is 0 Å². The summed E-state index contributed by atoms with van der Waals surface area (Å²) in [5, 5.41) is 4.60. The molecule has 5 nitrogen and oxygen atoms in total. The van der Waals surface area contributed by atoms with Crippen LogP contribution in [0.1, 0.15) is 43.4 Å². The molecule has 2 aliphatic rings. The summed E-state index contributed by atoms with van der Waals surface area (Å²) in [5.74, 6) is 1.98. The molecule has 2 atom stereocenters. The number of fused-ring (bicyclic) bond motifs is 1. The first kappa shape index (κ1) is 11.2. The zero-order chi connectivity index (χ0) is 11.8. The van der Waals surface area contributed by atoms with Crippen LogP contribution in [0.5, 0.6) is 0 Å². The van der Waals surface area contributed by atoms with Crippen LogP contribution in [-0.4, -0.2) is 39.3 Å². The molecule has 17 heavy (non-hydrogen) atoms. The van der Waals surface area contributed by atoms with Crippen molar-refractivity contribution in [1.82, 2.24) is 19.7 Å². The highest BCUT2D eigenvalue weighted by Gasteiger charge is 2.25. The number of likely N-dealkylation sites (tertiary alicyclic amines) is 1. The van der Waals surface area contributed by atoms with Gasteiger partial charge in [-0.25, -0.2) is 9.67 Å². The predicted octanol–water partition coefficient (Wildman–Crippen LogP) is 0.708. The van der Waals surface area contributed by atoms with Gasteiger partial charge in [0.05, 0.1) is 6.04 Å². The second-order valence-electron chi connectivity index (χ2n) is 5.34. The first-order valence-electron chi connectivity index (χ1n) is 6.63. The van der Waals surface area contributed by atoms with Crippen LogP contribution in [-0.2, 0) is 13.0 Å². The molecule has 5 heteroatoms. The molecule has 0 aliphatic carbocycles. The van der Waals surface area contributed by atoms with Gasteiger partial charge >= 0.3 is 0 Å². The lowest BCUT2D eigenvalue weighted by Gasteiger charge is -2.17. The van der Waals surface area contributed by atoms with E-state index >= 15 is 0 Å². The fraction of sp³-hybridized carbons (Fsp3) is 0.833. The number of nitrogens with two attached hydrogens (primary N) is 1. The molecular weight excluding hydrogens is 214 g/mol. The summed E-state index contributed by atoms with van der Waals surface area (Å²) in [6.45, 7) is 2.19. The molecule has 3 heterocycles. The van der Waals surface area contributed by atoms with E-state index in [1.807, 2.05) is 4.68 Å². The van der Waals surface area contributed by atoms with E-state index in [9.17, 15) is 0 Å². The average molecular weight is 235 g/mol. The van der Waals surface area contributed by atoms with Gasteiger partial charge in [-0.3, -0.25) is 0 Å². The number of rotatable bonds is 2. The Hall–Kier alpha value is -0.940. The lowest BCUT2D eigenvalue weighted by Crippen LogP contribution is -2.27.